The summed E-state index contributed by atoms with van der Waals surface area (Å²) in [4.78, 5) is 23.9. The molecule has 1 fully saturated rings. The number of phenols is 1. The molecule has 4 rings (SSSR count). The molecule has 1 saturated carbocycles. The molecule has 7 nitrogen and oxygen atoms in total. The molecule has 0 atom stereocenters. The van der Waals surface area contributed by atoms with Gasteiger partial charge in [-0.1, -0.05) is 0 Å². The van der Waals surface area contributed by atoms with Crippen molar-refractivity contribution in [2.24, 2.45) is 0 Å². The maximum Gasteiger partial charge on any atom is 0.338 e. The minimum absolute atomic E-state index is 0.0477. The summed E-state index contributed by atoms with van der Waals surface area (Å²) >= 11 is 0. The summed E-state index contributed by atoms with van der Waals surface area (Å²) < 4.78 is 16.9. The second kappa shape index (κ2) is 6.83. The predicted octanol–water partition coefficient (Wildman–Crippen LogP) is 3.23. The van der Waals surface area contributed by atoms with E-state index in [9.17, 15) is 14.7 Å². The van der Waals surface area contributed by atoms with Gasteiger partial charge in [0.1, 0.15) is 5.75 Å². The highest BCUT2D eigenvalue weighted by Gasteiger charge is 2.44. The first kappa shape index (κ1) is 17.2. The van der Waals surface area contributed by atoms with Crippen molar-refractivity contribution in [1.29, 1.82) is 0 Å². The Labute approximate surface area is 155 Å². The molecule has 0 saturated heterocycles. The quantitative estimate of drug-likeness (QED) is 0.804. The van der Waals surface area contributed by atoms with Gasteiger partial charge in [0, 0.05) is 24.6 Å². The van der Waals surface area contributed by atoms with Crippen LogP contribution in [0.2, 0.25) is 0 Å². The molecule has 7 heteroatoms. The molecule has 1 heterocycles. The predicted molar refractivity (Wildman–Crippen MR) is 95.9 cm³/mol. The van der Waals surface area contributed by atoms with Crippen LogP contribution in [0.4, 0.5) is 5.69 Å². The Morgan fingerprint density at radius 3 is 2.48 bits per heavy atom. The third-order valence-corrected chi connectivity index (χ3v) is 4.62. The molecule has 0 bridgehead atoms. The lowest BCUT2D eigenvalue weighted by Gasteiger charge is -2.21. The Balaban J connectivity index is 1.33. The minimum atomic E-state index is -0.640. The number of phenolic OH excluding ortho intramolecular Hbond substituents is 1. The average Bonchev–Trinajstić information content (AvgIpc) is 3.26. The van der Waals surface area contributed by atoms with E-state index in [1.807, 2.05) is 0 Å². The van der Waals surface area contributed by atoms with Crippen molar-refractivity contribution in [2.45, 2.75) is 31.5 Å². The fraction of sp³-hybridized carbons (Fsp3) is 0.300. The van der Waals surface area contributed by atoms with Gasteiger partial charge in [-0.25, -0.2) is 4.79 Å². The standard InChI is InChI=1S/C20H19NO6/c22-15-6-3-13(4-7-15)19(24)25-12-18(23)21-14-5-8-16-17(11-14)27-20(26-16)9-1-2-10-20/h3-8,11,22H,1-2,9-10,12H2,(H,21,23). The smallest absolute Gasteiger partial charge is 0.338 e. The molecule has 1 spiro atoms. The van der Waals surface area contributed by atoms with E-state index in [2.05, 4.69) is 5.32 Å². The Hall–Kier alpha value is -3.22. The zero-order valence-electron chi connectivity index (χ0n) is 14.6. The lowest BCUT2D eigenvalue weighted by Crippen LogP contribution is -2.34. The third kappa shape index (κ3) is 3.67. The van der Waals surface area contributed by atoms with Crippen molar-refractivity contribution in [1.82, 2.24) is 0 Å². The summed E-state index contributed by atoms with van der Waals surface area (Å²) in [7, 11) is 0. The Morgan fingerprint density at radius 2 is 1.74 bits per heavy atom. The Bertz CT molecular complexity index is 871. The van der Waals surface area contributed by atoms with Gasteiger partial charge >= 0.3 is 5.97 Å². The molecular weight excluding hydrogens is 350 g/mol. The second-order valence-electron chi connectivity index (χ2n) is 6.65. The molecule has 1 aliphatic heterocycles. The fourth-order valence-electron chi connectivity index (χ4n) is 3.30. The SMILES string of the molecule is O=C(COC(=O)c1ccc(O)cc1)Nc1ccc2c(c1)OC1(CCCC1)O2. The van der Waals surface area contributed by atoms with Crippen LogP contribution in [0.3, 0.4) is 0 Å². The van der Waals surface area contributed by atoms with Crippen molar-refractivity contribution in [3.63, 3.8) is 0 Å². The number of aromatic hydroxyl groups is 1. The molecule has 2 aromatic carbocycles. The van der Waals surface area contributed by atoms with Crippen molar-refractivity contribution in [3.05, 3.63) is 48.0 Å². The van der Waals surface area contributed by atoms with E-state index in [-0.39, 0.29) is 11.3 Å². The van der Waals surface area contributed by atoms with E-state index in [4.69, 9.17) is 14.2 Å². The first-order chi connectivity index (χ1) is 13.0. The topological polar surface area (TPSA) is 94.1 Å². The van der Waals surface area contributed by atoms with Gasteiger partial charge in [-0.05, 0) is 49.2 Å². The maximum absolute atomic E-state index is 12.1. The minimum Gasteiger partial charge on any atom is -0.508 e. The number of carbonyl (C=O) groups excluding carboxylic acids is 2. The number of carbonyl (C=O) groups is 2. The van der Waals surface area contributed by atoms with E-state index in [1.165, 1.54) is 24.3 Å². The second-order valence-corrected chi connectivity index (χ2v) is 6.65. The highest BCUT2D eigenvalue weighted by Crippen LogP contribution is 2.47. The molecule has 140 valence electrons. The van der Waals surface area contributed by atoms with Gasteiger partial charge in [-0.15, -0.1) is 0 Å². The fourth-order valence-corrected chi connectivity index (χ4v) is 3.30. The normalized spacial score (nSPS) is 16.3. The van der Waals surface area contributed by atoms with E-state index in [0.29, 0.717) is 17.2 Å². The number of benzene rings is 2. The highest BCUT2D eigenvalue weighted by molar-refractivity contribution is 5.95. The number of esters is 1. The number of fused-ring (bicyclic) bond motifs is 1. The largest absolute Gasteiger partial charge is 0.508 e. The average molecular weight is 369 g/mol. The molecule has 0 radical (unpaired) electrons. The molecule has 27 heavy (non-hydrogen) atoms. The van der Waals surface area contributed by atoms with Crippen LogP contribution in [0.25, 0.3) is 0 Å². The highest BCUT2D eigenvalue weighted by atomic mass is 16.7. The number of ether oxygens (including phenoxy) is 3. The van der Waals surface area contributed by atoms with Gasteiger partial charge in [0.25, 0.3) is 11.7 Å². The molecular formula is C20H19NO6. The van der Waals surface area contributed by atoms with Crippen LogP contribution < -0.4 is 14.8 Å². The molecule has 2 aliphatic rings. The Morgan fingerprint density at radius 1 is 1.04 bits per heavy atom. The van der Waals surface area contributed by atoms with E-state index in [0.717, 1.165) is 25.7 Å². The van der Waals surface area contributed by atoms with Gasteiger partial charge in [0.05, 0.1) is 5.56 Å². The summed E-state index contributed by atoms with van der Waals surface area (Å²) in [5.41, 5.74) is 0.795. The van der Waals surface area contributed by atoms with E-state index < -0.39 is 24.3 Å². The molecule has 1 aliphatic carbocycles. The lowest BCUT2D eigenvalue weighted by atomic mass is 10.2. The molecule has 2 aromatic rings. The van der Waals surface area contributed by atoms with Gasteiger partial charge in [0.2, 0.25) is 0 Å². The van der Waals surface area contributed by atoms with E-state index in [1.54, 1.807) is 18.2 Å². The molecule has 0 unspecified atom stereocenters. The Kier molecular flexibility index (Phi) is 4.35. The van der Waals surface area contributed by atoms with Gasteiger partial charge in [-0.2, -0.15) is 0 Å². The number of amides is 1. The number of hydrogen-bond acceptors (Lipinski definition) is 6. The van der Waals surface area contributed by atoms with E-state index >= 15 is 0 Å². The third-order valence-electron chi connectivity index (χ3n) is 4.62. The van der Waals surface area contributed by atoms with Crippen LogP contribution in [-0.4, -0.2) is 29.4 Å². The van der Waals surface area contributed by atoms with Crippen molar-refractivity contribution in [2.75, 3.05) is 11.9 Å². The number of nitrogens with one attached hydrogen (secondary N) is 1. The zero-order chi connectivity index (χ0) is 18.9. The van der Waals surface area contributed by atoms with Crippen molar-refractivity contribution >= 4 is 17.6 Å². The summed E-state index contributed by atoms with van der Waals surface area (Å²) in [5.74, 6) is -0.323. The van der Waals surface area contributed by atoms with Crippen LogP contribution in [0, 0.1) is 0 Å². The van der Waals surface area contributed by atoms with Gasteiger partial charge in [-0.3, -0.25) is 4.79 Å². The molecule has 2 N–H and O–H groups in total. The number of rotatable bonds is 4. The van der Waals surface area contributed by atoms with Crippen LogP contribution in [0.5, 0.6) is 17.2 Å². The lowest BCUT2D eigenvalue weighted by molar-refractivity contribution is -0.119. The number of hydrogen-bond donors (Lipinski definition) is 2. The first-order valence-corrected chi connectivity index (χ1v) is 8.81. The van der Waals surface area contributed by atoms with Crippen LogP contribution in [0.15, 0.2) is 42.5 Å². The molecule has 1 amide bonds. The molecule has 0 aromatic heterocycles. The maximum atomic E-state index is 12.1. The van der Waals surface area contributed by atoms with Gasteiger partial charge < -0.3 is 24.6 Å². The summed E-state index contributed by atoms with van der Waals surface area (Å²) in [5, 5.41) is 11.9. The summed E-state index contributed by atoms with van der Waals surface area (Å²) in [6.07, 6.45) is 3.86. The summed E-state index contributed by atoms with van der Waals surface area (Å²) in [6, 6.07) is 10.8. The van der Waals surface area contributed by atoms with Crippen LogP contribution in [0.1, 0.15) is 36.0 Å². The summed E-state index contributed by atoms with van der Waals surface area (Å²) in [6.45, 7) is -0.419. The first-order valence-electron chi connectivity index (χ1n) is 8.81. The monoisotopic (exact) mass is 369 g/mol. The zero-order valence-corrected chi connectivity index (χ0v) is 14.6. The van der Waals surface area contributed by atoms with Crippen molar-refractivity contribution in [3.8, 4) is 17.2 Å². The van der Waals surface area contributed by atoms with Crippen molar-refractivity contribution < 1.29 is 28.9 Å². The number of anilines is 1. The van der Waals surface area contributed by atoms with Crippen LogP contribution >= 0.6 is 0 Å². The van der Waals surface area contributed by atoms with Crippen LogP contribution in [-0.2, 0) is 9.53 Å². The van der Waals surface area contributed by atoms with Gasteiger partial charge in [0.15, 0.2) is 18.1 Å².